The lowest BCUT2D eigenvalue weighted by molar-refractivity contribution is 0.180. The smallest absolute Gasteiger partial charge is 0.260 e. The Hall–Kier alpha value is -1.77. The molecule has 0 aliphatic carbocycles. The van der Waals surface area contributed by atoms with Gasteiger partial charge in [-0.15, -0.1) is 6.58 Å². The van der Waals surface area contributed by atoms with Gasteiger partial charge >= 0.3 is 0 Å². The molecule has 0 amide bonds. The van der Waals surface area contributed by atoms with Gasteiger partial charge in [0.25, 0.3) is 6.43 Å². The second-order valence-corrected chi connectivity index (χ2v) is 3.73. The molecule has 1 aromatic rings. The van der Waals surface area contributed by atoms with E-state index >= 15 is 0 Å². The predicted octanol–water partition coefficient (Wildman–Crippen LogP) is 4.11. The molecule has 1 unspecified atom stereocenters. The molecule has 0 spiro atoms. The van der Waals surface area contributed by atoms with Crippen LogP contribution in [-0.4, -0.2) is 11.4 Å². The summed E-state index contributed by atoms with van der Waals surface area (Å²) in [6.07, 6.45) is 3.63. The summed E-state index contributed by atoms with van der Waals surface area (Å²) >= 11 is 0. The Kier molecular flexibility index (Phi) is 4.76. The second kappa shape index (κ2) is 6.09. The van der Waals surface area contributed by atoms with Crippen LogP contribution in [0, 0.1) is 5.92 Å². The maximum atomic E-state index is 12.8. The summed E-state index contributed by atoms with van der Waals surface area (Å²) < 4.78 is 25.7. The van der Waals surface area contributed by atoms with Crippen LogP contribution in [0.4, 0.5) is 8.78 Å². The molecule has 90 valence electrons. The number of aromatic nitrogens is 1. The number of rotatable bonds is 5. The Bertz CT molecular complexity index is 421. The van der Waals surface area contributed by atoms with E-state index in [0.29, 0.717) is 5.57 Å². The Morgan fingerprint density at radius 3 is 2.41 bits per heavy atom. The van der Waals surface area contributed by atoms with Crippen molar-refractivity contribution in [3.63, 3.8) is 0 Å². The molecular formula is C14H15F2N. The van der Waals surface area contributed by atoms with E-state index in [4.69, 9.17) is 0 Å². The monoisotopic (exact) mass is 235 g/mol. The molecule has 1 rings (SSSR count). The van der Waals surface area contributed by atoms with Gasteiger partial charge in [0, 0.05) is 23.9 Å². The number of nitrogens with zero attached hydrogens (tertiary/aromatic N) is 1. The highest BCUT2D eigenvalue weighted by Crippen LogP contribution is 2.24. The average Bonchev–Trinajstić information content (AvgIpc) is 2.35. The third kappa shape index (κ3) is 3.63. The van der Waals surface area contributed by atoms with Crippen LogP contribution in [-0.2, 0) is 0 Å². The fourth-order valence-electron chi connectivity index (χ4n) is 1.38. The first kappa shape index (κ1) is 13.3. The van der Waals surface area contributed by atoms with Gasteiger partial charge in [-0.1, -0.05) is 19.6 Å². The van der Waals surface area contributed by atoms with Gasteiger partial charge in [0.15, 0.2) is 0 Å². The lowest BCUT2D eigenvalue weighted by atomic mass is 9.97. The number of halogens is 2. The molecule has 0 saturated carbocycles. The predicted molar refractivity (Wildman–Crippen MR) is 66.7 cm³/mol. The Morgan fingerprint density at radius 1 is 1.35 bits per heavy atom. The lowest BCUT2D eigenvalue weighted by Gasteiger charge is -2.12. The summed E-state index contributed by atoms with van der Waals surface area (Å²) in [5.74, 6) is -0.367. The van der Waals surface area contributed by atoms with E-state index in [9.17, 15) is 8.78 Å². The molecule has 1 atom stereocenters. The van der Waals surface area contributed by atoms with Gasteiger partial charge in [-0.25, -0.2) is 8.78 Å². The quantitative estimate of drug-likeness (QED) is 0.553. The highest BCUT2D eigenvalue weighted by atomic mass is 19.3. The van der Waals surface area contributed by atoms with E-state index in [1.165, 1.54) is 12.2 Å². The minimum Gasteiger partial charge on any atom is -0.265 e. The van der Waals surface area contributed by atoms with Crippen molar-refractivity contribution in [1.29, 1.82) is 0 Å². The molecule has 0 saturated heterocycles. The standard InChI is InChI=1S/C14H15F2N/c1-4-10(2)13(14(15)16)9-11(3)12-5-7-17-8-6-12/h4-10,14H,1,3H2,2H3/b13-9+. The zero-order valence-corrected chi connectivity index (χ0v) is 9.74. The van der Waals surface area contributed by atoms with Gasteiger partial charge in [-0.2, -0.15) is 0 Å². The normalized spacial score (nSPS) is 13.5. The minimum absolute atomic E-state index is 0.0295. The number of alkyl halides is 2. The van der Waals surface area contributed by atoms with Crippen LogP contribution in [0.2, 0.25) is 0 Å². The zero-order valence-electron chi connectivity index (χ0n) is 9.74. The first-order chi connectivity index (χ1) is 8.06. The van der Waals surface area contributed by atoms with E-state index in [1.807, 2.05) is 0 Å². The number of hydrogen-bond donors (Lipinski definition) is 0. The zero-order chi connectivity index (χ0) is 12.8. The van der Waals surface area contributed by atoms with Gasteiger partial charge in [-0.3, -0.25) is 4.98 Å². The summed E-state index contributed by atoms with van der Waals surface area (Å²) in [5, 5.41) is 0. The maximum Gasteiger partial charge on any atom is 0.260 e. The van der Waals surface area contributed by atoms with Crippen molar-refractivity contribution in [2.75, 3.05) is 0 Å². The molecule has 0 N–H and O–H groups in total. The van der Waals surface area contributed by atoms with E-state index in [2.05, 4.69) is 18.1 Å². The van der Waals surface area contributed by atoms with Crippen LogP contribution in [0.15, 0.2) is 55.4 Å². The second-order valence-electron chi connectivity index (χ2n) is 3.73. The van der Waals surface area contributed by atoms with Gasteiger partial charge < -0.3 is 0 Å². The molecule has 0 aliphatic heterocycles. The van der Waals surface area contributed by atoms with Gasteiger partial charge in [0.2, 0.25) is 0 Å². The summed E-state index contributed by atoms with van der Waals surface area (Å²) in [7, 11) is 0. The Balaban J connectivity index is 2.99. The third-order valence-electron chi connectivity index (χ3n) is 2.52. The summed E-state index contributed by atoms with van der Waals surface area (Å²) in [4.78, 5) is 3.87. The molecule has 0 bridgehead atoms. The lowest BCUT2D eigenvalue weighted by Crippen LogP contribution is -2.05. The Labute approximate surface area is 100 Å². The van der Waals surface area contributed by atoms with Crippen molar-refractivity contribution in [2.24, 2.45) is 5.92 Å². The van der Waals surface area contributed by atoms with Crippen LogP contribution in [0.5, 0.6) is 0 Å². The molecule has 0 aliphatic rings. The first-order valence-corrected chi connectivity index (χ1v) is 5.27. The van der Waals surface area contributed by atoms with Crippen molar-refractivity contribution >= 4 is 5.57 Å². The third-order valence-corrected chi connectivity index (χ3v) is 2.52. The van der Waals surface area contributed by atoms with Crippen LogP contribution in [0.25, 0.3) is 5.57 Å². The van der Waals surface area contributed by atoms with Crippen LogP contribution in [0.1, 0.15) is 12.5 Å². The molecular weight excluding hydrogens is 220 g/mol. The summed E-state index contributed by atoms with van der Waals surface area (Å²) in [5.41, 5.74) is 1.37. The van der Waals surface area contributed by atoms with Crippen LogP contribution in [0.3, 0.4) is 0 Å². The highest BCUT2D eigenvalue weighted by molar-refractivity contribution is 5.72. The van der Waals surface area contributed by atoms with E-state index in [0.717, 1.165) is 5.56 Å². The molecule has 0 aromatic carbocycles. The van der Waals surface area contributed by atoms with E-state index < -0.39 is 6.43 Å². The van der Waals surface area contributed by atoms with Crippen molar-refractivity contribution in [2.45, 2.75) is 13.3 Å². The Morgan fingerprint density at radius 2 is 1.94 bits per heavy atom. The van der Waals surface area contributed by atoms with Gasteiger partial charge in [0.1, 0.15) is 0 Å². The van der Waals surface area contributed by atoms with Crippen molar-refractivity contribution in [1.82, 2.24) is 4.98 Å². The summed E-state index contributed by atoms with van der Waals surface area (Å²) in [6, 6.07) is 3.47. The van der Waals surface area contributed by atoms with Gasteiger partial charge in [0.05, 0.1) is 0 Å². The van der Waals surface area contributed by atoms with E-state index in [1.54, 1.807) is 31.5 Å². The van der Waals surface area contributed by atoms with Crippen LogP contribution < -0.4 is 0 Å². The van der Waals surface area contributed by atoms with Crippen molar-refractivity contribution in [3.05, 3.63) is 61.0 Å². The summed E-state index contributed by atoms with van der Waals surface area (Å²) in [6.45, 7) is 9.01. The molecule has 1 aromatic heterocycles. The molecule has 17 heavy (non-hydrogen) atoms. The first-order valence-electron chi connectivity index (χ1n) is 5.27. The highest BCUT2D eigenvalue weighted by Gasteiger charge is 2.16. The van der Waals surface area contributed by atoms with Crippen molar-refractivity contribution < 1.29 is 8.78 Å². The maximum absolute atomic E-state index is 12.8. The largest absolute Gasteiger partial charge is 0.265 e. The minimum atomic E-state index is -2.50. The molecule has 3 heteroatoms. The van der Waals surface area contributed by atoms with E-state index in [-0.39, 0.29) is 11.5 Å². The fraction of sp³-hybridized carbons (Fsp3) is 0.214. The molecule has 1 nitrogen and oxygen atoms in total. The number of allylic oxidation sites excluding steroid dienone is 4. The molecule has 1 heterocycles. The number of pyridine rings is 1. The number of hydrogen-bond acceptors (Lipinski definition) is 1. The molecule has 0 fully saturated rings. The average molecular weight is 235 g/mol. The van der Waals surface area contributed by atoms with Gasteiger partial charge in [-0.05, 0) is 29.3 Å². The topological polar surface area (TPSA) is 12.9 Å². The molecule has 0 radical (unpaired) electrons. The SMILES string of the molecule is C=CC(C)/C(=C\C(=C)c1ccncc1)C(F)F. The van der Waals surface area contributed by atoms with Crippen molar-refractivity contribution in [3.8, 4) is 0 Å². The fourth-order valence-corrected chi connectivity index (χ4v) is 1.38. The van der Waals surface area contributed by atoms with Crippen LogP contribution >= 0.6 is 0 Å².